The van der Waals surface area contributed by atoms with Gasteiger partial charge in [0.2, 0.25) is 0 Å². The first-order valence-corrected chi connectivity index (χ1v) is 6.63. The van der Waals surface area contributed by atoms with Gasteiger partial charge in [-0.05, 0) is 48.8 Å². The first kappa shape index (κ1) is 12.6. The van der Waals surface area contributed by atoms with Gasteiger partial charge >= 0.3 is 0 Å². The standard InChI is InChI=1S/C13H18BrN3/c1-13(2,3)15-8-7-11-16-12(14)10-6-4-5-9-17(10)11/h4-6,9,15H,7-8H2,1-3H3. The molecule has 0 aliphatic carbocycles. The van der Waals surface area contributed by atoms with Gasteiger partial charge in [-0.3, -0.25) is 0 Å². The number of rotatable bonds is 3. The van der Waals surface area contributed by atoms with Crippen molar-refractivity contribution in [2.75, 3.05) is 6.54 Å². The monoisotopic (exact) mass is 295 g/mol. The van der Waals surface area contributed by atoms with Crippen LogP contribution in [0.3, 0.4) is 0 Å². The van der Waals surface area contributed by atoms with E-state index in [0.717, 1.165) is 28.9 Å². The van der Waals surface area contributed by atoms with Gasteiger partial charge in [-0.15, -0.1) is 0 Å². The Hall–Kier alpha value is -0.870. The molecule has 2 aromatic heterocycles. The largest absolute Gasteiger partial charge is 0.312 e. The normalized spacial score (nSPS) is 12.2. The number of hydrogen-bond acceptors (Lipinski definition) is 2. The number of halogens is 1. The Morgan fingerprint density at radius 1 is 1.35 bits per heavy atom. The summed E-state index contributed by atoms with van der Waals surface area (Å²) in [6.07, 6.45) is 2.98. The van der Waals surface area contributed by atoms with Crippen molar-refractivity contribution in [1.29, 1.82) is 0 Å². The number of imidazole rings is 1. The third-order valence-electron chi connectivity index (χ3n) is 2.58. The summed E-state index contributed by atoms with van der Waals surface area (Å²) in [5.41, 5.74) is 1.28. The molecule has 1 N–H and O–H groups in total. The predicted molar refractivity (Wildman–Crippen MR) is 74.4 cm³/mol. The van der Waals surface area contributed by atoms with Crippen LogP contribution in [0.1, 0.15) is 26.6 Å². The van der Waals surface area contributed by atoms with Crippen LogP contribution in [-0.4, -0.2) is 21.5 Å². The van der Waals surface area contributed by atoms with Gasteiger partial charge in [-0.1, -0.05) is 6.07 Å². The molecule has 0 amide bonds. The smallest absolute Gasteiger partial charge is 0.132 e. The summed E-state index contributed by atoms with van der Waals surface area (Å²) >= 11 is 3.50. The molecule has 3 nitrogen and oxygen atoms in total. The summed E-state index contributed by atoms with van der Waals surface area (Å²) in [5.74, 6) is 1.09. The van der Waals surface area contributed by atoms with Crippen LogP contribution in [0.4, 0.5) is 0 Å². The Morgan fingerprint density at radius 2 is 2.12 bits per heavy atom. The first-order chi connectivity index (χ1) is 7.97. The molecule has 0 spiro atoms. The molecule has 4 heteroatoms. The highest BCUT2D eigenvalue weighted by atomic mass is 79.9. The zero-order valence-corrected chi connectivity index (χ0v) is 12.1. The lowest BCUT2D eigenvalue weighted by Gasteiger charge is -2.20. The van der Waals surface area contributed by atoms with E-state index in [1.807, 2.05) is 12.1 Å². The molecule has 0 radical (unpaired) electrons. The average molecular weight is 296 g/mol. The second-order valence-corrected chi connectivity index (χ2v) is 5.95. The van der Waals surface area contributed by atoms with Crippen LogP contribution >= 0.6 is 15.9 Å². The van der Waals surface area contributed by atoms with Crippen molar-refractivity contribution >= 4 is 21.4 Å². The molecule has 0 atom stereocenters. The number of hydrogen-bond donors (Lipinski definition) is 1. The van der Waals surface area contributed by atoms with E-state index in [1.165, 1.54) is 0 Å². The lowest BCUT2D eigenvalue weighted by Crippen LogP contribution is -2.37. The molecule has 2 aromatic rings. The minimum Gasteiger partial charge on any atom is -0.312 e. The van der Waals surface area contributed by atoms with Crippen molar-refractivity contribution < 1.29 is 0 Å². The molecule has 2 heterocycles. The maximum atomic E-state index is 4.55. The molecule has 0 aromatic carbocycles. The van der Waals surface area contributed by atoms with E-state index < -0.39 is 0 Å². The van der Waals surface area contributed by atoms with Crippen LogP contribution in [0, 0.1) is 0 Å². The van der Waals surface area contributed by atoms with Crippen LogP contribution < -0.4 is 5.32 Å². The van der Waals surface area contributed by atoms with Crippen LogP contribution in [0.2, 0.25) is 0 Å². The summed E-state index contributed by atoms with van der Waals surface area (Å²) in [6, 6.07) is 6.12. The highest BCUT2D eigenvalue weighted by Crippen LogP contribution is 2.18. The number of nitrogens with zero attached hydrogens (tertiary/aromatic N) is 2. The number of aromatic nitrogens is 2. The molecule has 2 rings (SSSR count). The maximum Gasteiger partial charge on any atom is 0.132 e. The molecule has 0 saturated heterocycles. The molecule has 17 heavy (non-hydrogen) atoms. The fourth-order valence-corrected chi connectivity index (χ4v) is 2.31. The van der Waals surface area contributed by atoms with Crippen molar-refractivity contribution in [1.82, 2.24) is 14.7 Å². The Bertz CT molecular complexity index is 511. The zero-order valence-electron chi connectivity index (χ0n) is 10.5. The van der Waals surface area contributed by atoms with Gasteiger partial charge < -0.3 is 9.72 Å². The van der Waals surface area contributed by atoms with Gasteiger partial charge in [-0.2, -0.15) is 0 Å². The fourth-order valence-electron chi connectivity index (χ4n) is 1.79. The maximum absolute atomic E-state index is 4.55. The summed E-state index contributed by atoms with van der Waals surface area (Å²) in [7, 11) is 0. The average Bonchev–Trinajstić information content (AvgIpc) is 2.55. The summed E-state index contributed by atoms with van der Waals surface area (Å²) in [4.78, 5) is 4.55. The molecular formula is C13H18BrN3. The van der Waals surface area contributed by atoms with E-state index in [-0.39, 0.29) is 5.54 Å². The van der Waals surface area contributed by atoms with E-state index >= 15 is 0 Å². The number of nitrogens with one attached hydrogen (secondary N) is 1. The minimum atomic E-state index is 0.157. The predicted octanol–water partition coefficient (Wildman–Crippen LogP) is 3.03. The van der Waals surface area contributed by atoms with Gasteiger partial charge in [-0.25, -0.2) is 4.98 Å². The van der Waals surface area contributed by atoms with Gasteiger partial charge in [0.15, 0.2) is 0 Å². The molecule has 0 bridgehead atoms. The molecular weight excluding hydrogens is 278 g/mol. The lowest BCUT2D eigenvalue weighted by atomic mass is 10.1. The van der Waals surface area contributed by atoms with E-state index in [2.05, 4.69) is 63.7 Å². The molecule has 0 aliphatic heterocycles. The number of fused-ring (bicyclic) bond motifs is 1. The van der Waals surface area contributed by atoms with Crippen LogP contribution in [0.25, 0.3) is 5.52 Å². The lowest BCUT2D eigenvalue weighted by molar-refractivity contribution is 0.427. The van der Waals surface area contributed by atoms with Gasteiger partial charge in [0, 0.05) is 24.7 Å². The molecule has 0 aliphatic rings. The molecule has 0 unspecified atom stereocenters. The highest BCUT2D eigenvalue weighted by molar-refractivity contribution is 9.10. The topological polar surface area (TPSA) is 29.3 Å². The third kappa shape index (κ3) is 3.07. The van der Waals surface area contributed by atoms with Crippen LogP contribution in [-0.2, 0) is 6.42 Å². The minimum absolute atomic E-state index is 0.157. The van der Waals surface area contributed by atoms with Gasteiger partial charge in [0.25, 0.3) is 0 Å². The third-order valence-corrected chi connectivity index (χ3v) is 3.16. The van der Waals surface area contributed by atoms with Crippen molar-refractivity contribution in [2.24, 2.45) is 0 Å². The second kappa shape index (κ2) is 4.78. The summed E-state index contributed by atoms with van der Waals surface area (Å²) < 4.78 is 3.05. The Balaban J connectivity index is 2.14. The number of pyridine rings is 1. The summed E-state index contributed by atoms with van der Waals surface area (Å²) in [6.45, 7) is 7.45. The van der Waals surface area contributed by atoms with Crippen molar-refractivity contribution in [2.45, 2.75) is 32.7 Å². The van der Waals surface area contributed by atoms with Crippen LogP contribution in [0.5, 0.6) is 0 Å². The quantitative estimate of drug-likeness (QED) is 0.943. The Kier molecular flexibility index (Phi) is 3.54. The molecule has 0 saturated carbocycles. The van der Waals surface area contributed by atoms with Crippen molar-refractivity contribution in [3.05, 3.63) is 34.8 Å². The molecule has 0 fully saturated rings. The molecule has 92 valence electrons. The summed E-state index contributed by atoms with van der Waals surface area (Å²) in [5, 5.41) is 3.48. The van der Waals surface area contributed by atoms with E-state index in [9.17, 15) is 0 Å². The fraction of sp³-hybridized carbons (Fsp3) is 0.462. The van der Waals surface area contributed by atoms with E-state index in [1.54, 1.807) is 0 Å². The zero-order chi connectivity index (χ0) is 12.5. The SMILES string of the molecule is CC(C)(C)NCCc1nc(Br)c2ccccn12. The first-order valence-electron chi connectivity index (χ1n) is 5.84. The van der Waals surface area contributed by atoms with Gasteiger partial charge in [0.05, 0.1) is 5.52 Å². The van der Waals surface area contributed by atoms with Crippen molar-refractivity contribution in [3.8, 4) is 0 Å². The van der Waals surface area contributed by atoms with E-state index in [0.29, 0.717) is 0 Å². The highest BCUT2D eigenvalue weighted by Gasteiger charge is 2.11. The Labute approximate surface area is 110 Å². The van der Waals surface area contributed by atoms with E-state index in [4.69, 9.17) is 0 Å². The van der Waals surface area contributed by atoms with Gasteiger partial charge in [0.1, 0.15) is 10.4 Å². The van der Waals surface area contributed by atoms with Crippen LogP contribution in [0.15, 0.2) is 29.0 Å². The Morgan fingerprint density at radius 3 is 2.82 bits per heavy atom. The second-order valence-electron chi connectivity index (χ2n) is 5.20. The van der Waals surface area contributed by atoms with Crippen molar-refractivity contribution in [3.63, 3.8) is 0 Å².